The summed E-state index contributed by atoms with van der Waals surface area (Å²) < 4.78 is 10.7. The first-order valence-corrected chi connectivity index (χ1v) is 10.6. The summed E-state index contributed by atoms with van der Waals surface area (Å²) in [4.78, 5) is 28.6. The fraction of sp³-hybridized carbons (Fsp3) is 0.850. The number of piperidine rings is 1. The fourth-order valence-electron chi connectivity index (χ4n) is 4.44. The van der Waals surface area contributed by atoms with Gasteiger partial charge in [-0.05, 0) is 44.7 Å². The summed E-state index contributed by atoms with van der Waals surface area (Å²) in [5, 5.41) is 13.2. The maximum Gasteiger partial charge on any atom is 0.411 e. The SMILES string of the molecule is N#CC1(N(CC2CCCCC2)C(=O)OCC(=O)N2CCOCC2)CCNCC1. The van der Waals surface area contributed by atoms with E-state index in [0.717, 1.165) is 12.8 Å². The second-order valence-electron chi connectivity index (χ2n) is 8.06. The highest BCUT2D eigenvalue weighted by Crippen LogP contribution is 2.31. The molecule has 0 aromatic heterocycles. The third-order valence-electron chi connectivity index (χ3n) is 6.22. The van der Waals surface area contributed by atoms with Gasteiger partial charge < -0.3 is 19.7 Å². The molecule has 0 aromatic carbocycles. The van der Waals surface area contributed by atoms with Crippen LogP contribution in [-0.4, -0.2) is 79.9 Å². The number of morpholine rings is 1. The lowest BCUT2D eigenvalue weighted by Crippen LogP contribution is -2.57. The molecule has 3 aliphatic rings. The minimum absolute atomic E-state index is 0.203. The summed E-state index contributed by atoms with van der Waals surface area (Å²) >= 11 is 0. The molecule has 1 aliphatic carbocycles. The van der Waals surface area contributed by atoms with E-state index in [2.05, 4.69) is 11.4 Å². The number of amides is 2. The maximum absolute atomic E-state index is 13.0. The van der Waals surface area contributed by atoms with Gasteiger partial charge in [0.2, 0.25) is 0 Å². The lowest BCUT2D eigenvalue weighted by Gasteiger charge is -2.42. The molecule has 0 atom stereocenters. The van der Waals surface area contributed by atoms with Crippen molar-refractivity contribution in [1.82, 2.24) is 15.1 Å². The van der Waals surface area contributed by atoms with Crippen molar-refractivity contribution in [1.29, 1.82) is 5.26 Å². The first-order chi connectivity index (χ1) is 13.6. The van der Waals surface area contributed by atoms with Gasteiger partial charge in [-0.25, -0.2) is 4.79 Å². The zero-order valence-corrected chi connectivity index (χ0v) is 16.7. The van der Waals surface area contributed by atoms with Gasteiger partial charge in [0.1, 0.15) is 5.54 Å². The molecule has 1 N–H and O–H groups in total. The fourth-order valence-corrected chi connectivity index (χ4v) is 4.44. The van der Waals surface area contributed by atoms with Crippen molar-refractivity contribution in [3.63, 3.8) is 0 Å². The van der Waals surface area contributed by atoms with Crippen molar-refractivity contribution in [2.45, 2.75) is 50.5 Å². The molecule has 2 aliphatic heterocycles. The molecule has 0 aromatic rings. The predicted octanol–water partition coefficient (Wildman–Crippen LogP) is 1.51. The van der Waals surface area contributed by atoms with E-state index in [1.54, 1.807) is 9.80 Å². The largest absolute Gasteiger partial charge is 0.439 e. The molecule has 1 saturated carbocycles. The Balaban J connectivity index is 1.65. The number of ether oxygens (including phenoxy) is 2. The van der Waals surface area contributed by atoms with Crippen LogP contribution in [0.1, 0.15) is 44.9 Å². The lowest BCUT2D eigenvalue weighted by molar-refractivity contribution is -0.138. The Labute approximate surface area is 167 Å². The summed E-state index contributed by atoms with van der Waals surface area (Å²) in [6, 6.07) is 2.41. The molecule has 2 heterocycles. The molecule has 156 valence electrons. The smallest absolute Gasteiger partial charge is 0.411 e. The zero-order valence-electron chi connectivity index (χ0n) is 16.7. The molecule has 0 spiro atoms. The van der Waals surface area contributed by atoms with E-state index in [1.165, 1.54) is 19.3 Å². The average Bonchev–Trinajstić information content (AvgIpc) is 2.77. The van der Waals surface area contributed by atoms with Crippen molar-refractivity contribution in [3.05, 3.63) is 0 Å². The van der Waals surface area contributed by atoms with E-state index in [4.69, 9.17) is 9.47 Å². The maximum atomic E-state index is 13.0. The highest BCUT2D eigenvalue weighted by atomic mass is 16.6. The van der Waals surface area contributed by atoms with Crippen LogP contribution in [0.15, 0.2) is 0 Å². The predicted molar refractivity (Wildman–Crippen MR) is 102 cm³/mol. The van der Waals surface area contributed by atoms with Gasteiger partial charge >= 0.3 is 6.09 Å². The van der Waals surface area contributed by atoms with Gasteiger partial charge in [-0.1, -0.05) is 19.3 Å². The van der Waals surface area contributed by atoms with Crippen LogP contribution >= 0.6 is 0 Å². The van der Waals surface area contributed by atoms with Crippen molar-refractivity contribution in [2.24, 2.45) is 5.92 Å². The molecular formula is C20H32N4O4. The Kier molecular flexibility index (Phi) is 7.51. The average molecular weight is 393 g/mol. The van der Waals surface area contributed by atoms with Crippen LogP contribution in [0.25, 0.3) is 0 Å². The summed E-state index contributed by atoms with van der Waals surface area (Å²) in [5.41, 5.74) is -0.845. The number of nitriles is 1. The van der Waals surface area contributed by atoms with Crippen LogP contribution in [-0.2, 0) is 14.3 Å². The van der Waals surface area contributed by atoms with Crippen LogP contribution in [0, 0.1) is 17.2 Å². The van der Waals surface area contributed by atoms with E-state index in [-0.39, 0.29) is 12.5 Å². The molecular weight excluding hydrogens is 360 g/mol. The van der Waals surface area contributed by atoms with Crippen LogP contribution < -0.4 is 5.32 Å². The van der Waals surface area contributed by atoms with Crippen molar-refractivity contribution < 1.29 is 19.1 Å². The van der Waals surface area contributed by atoms with Gasteiger partial charge in [0.25, 0.3) is 5.91 Å². The standard InChI is InChI=1S/C20H32N4O4/c21-16-20(6-8-22-9-7-20)24(14-17-4-2-1-3-5-17)19(26)28-15-18(25)23-10-12-27-13-11-23/h17,22H,1-15H2. The quantitative estimate of drug-likeness (QED) is 0.762. The summed E-state index contributed by atoms with van der Waals surface area (Å²) in [5.74, 6) is 0.196. The lowest BCUT2D eigenvalue weighted by atomic mass is 9.84. The zero-order chi connectivity index (χ0) is 19.8. The number of nitrogens with zero attached hydrogens (tertiary/aromatic N) is 3. The number of hydrogen-bond donors (Lipinski definition) is 1. The van der Waals surface area contributed by atoms with E-state index in [9.17, 15) is 14.9 Å². The number of rotatable bonds is 5. The first kappa shape index (κ1) is 20.9. The summed E-state index contributed by atoms with van der Waals surface area (Å²) in [6.07, 6.45) is 6.38. The highest BCUT2D eigenvalue weighted by Gasteiger charge is 2.43. The van der Waals surface area contributed by atoms with E-state index < -0.39 is 11.6 Å². The van der Waals surface area contributed by atoms with Gasteiger partial charge in [0, 0.05) is 19.6 Å². The van der Waals surface area contributed by atoms with Crippen LogP contribution in [0.3, 0.4) is 0 Å². The van der Waals surface area contributed by atoms with Crippen LogP contribution in [0.2, 0.25) is 0 Å². The van der Waals surface area contributed by atoms with Crippen LogP contribution in [0.4, 0.5) is 4.79 Å². The second kappa shape index (κ2) is 10.1. The second-order valence-corrected chi connectivity index (χ2v) is 8.06. The molecule has 2 amide bonds. The number of carbonyl (C=O) groups excluding carboxylic acids is 2. The number of carbonyl (C=O) groups is 2. The number of hydrogen-bond acceptors (Lipinski definition) is 6. The first-order valence-electron chi connectivity index (χ1n) is 10.6. The minimum atomic E-state index is -0.845. The molecule has 8 nitrogen and oxygen atoms in total. The Hall–Kier alpha value is -1.85. The Morgan fingerprint density at radius 1 is 1.18 bits per heavy atom. The third kappa shape index (κ3) is 5.15. The van der Waals surface area contributed by atoms with E-state index in [1.807, 2.05) is 0 Å². The molecule has 0 unspecified atom stereocenters. The Morgan fingerprint density at radius 3 is 2.50 bits per heavy atom. The summed E-state index contributed by atoms with van der Waals surface area (Å²) in [6.45, 7) is 3.74. The van der Waals surface area contributed by atoms with Gasteiger partial charge in [-0.3, -0.25) is 9.69 Å². The van der Waals surface area contributed by atoms with Crippen molar-refractivity contribution >= 4 is 12.0 Å². The molecule has 3 rings (SSSR count). The Bertz CT molecular complexity index is 573. The minimum Gasteiger partial charge on any atom is -0.439 e. The Morgan fingerprint density at radius 2 is 1.86 bits per heavy atom. The summed E-state index contributed by atoms with van der Waals surface area (Å²) in [7, 11) is 0. The monoisotopic (exact) mass is 392 g/mol. The highest BCUT2D eigenvalue weighted by molar-refractivity contribution is 5.80. The third-order valence-corrected chi connectivity index (χ3v) is 6.22. The van der Waals surface area contributed by atoms with Gasteiger partial charge in [0.15, 0.2) is 6.61 Å². The normalized spacial score (nSPS) is 22.9. The molecule has 2 saturated heterocycles. The van der Waals surface area contributed by atoms with Gasteiger partial charge in [0.05, 0.1) is 19.3 Å². The number of nitrogens with one attached hydrogen (secondary N) is 1. The van der Waals surface area contributed by atoms with E-state index >= 15 is 0 Å². The molecule has 0 radical (unpaired) electrons. The van der Waals surface area contributed by atoms with Gasteiger partial charge in [-0.15, -0.1) is 0 Å². The molecule has 0 bridgehead atoms. The van der Waals surface area contributed by atoms with Crippen LogP contribution in [0.5, 0.6) is 0 Å². The van der Waals surface area contributed by atoms with E-state index in [0.29, 0.717) is 64.7 Å². The molecule has 3 fully saturated rings. The molecule has 28 heavy (non-hydrogen) atoms. The topological polar surface area (TPSA) is 94.9 Å². The van der Waals surface area contributed by atoms with Crippen molar-refractivity contribution in [3.8, 4) is 6.07 Å². The van der Waals surface area contributed by atoms with Gasteiger partial charge in [-0.2, -0.15) is 5.26 Å². The molecule has 8 heteroatoms. The van der Waals surface area contributed by atoms with Crippen molar-refractivity contribution in [2.75, 3.05) is 52.5 Å².